The fourth-order valence-electron chi connectivity index (χ4n) is 1.51. The second kappa shape index (κ2) is 5.29. The Morgan fingerprint density at radius 1 is 1.00 bits per heavy atom. The molecule has 1 aromatic rings. The Balaban J connectivity index is 2.79. The fraction of sp³-hybridized carbons (Fsp3) is 0.538. The van der Waals surface area contributed by atoms with Crippen LogP contribution in [-0.4, -0.2) is 16.8 Å². The summed E-state index contributed by atoms with van der Waals surface area (Å²) in [6, 6.07) is 7.94. The molecule has 2 N–H and O–H groups in total. The lowest BCUT2D eigenvalue weighted by Gasteiger charge is -2.17. The van der Waals surface area contributed by atoms with E-state index in [0.717, 1.165) is 5.56 Å². The maximum atomic E-state index is 9.86. The summed E-state index contributed by atoms with van der Waals surface area (Å²) in [6.45, 7) is 6.12. The molecule has 0 amide bonds. The Morgan fingerprint density at radius 3 is 1.87 bits per heavy atom. The molecular weight excluding hydrogens is 188 g/mol. The van der Waals surface area contributed by atoms with Crippen LogP contribution in [0.25, 0.3) is 0 Å². The number of benzene rings is 1. The van der Waals surface area contributed by atoms with Crippen molar-refractivity contribution < 1.29 is 10.2 Å². The molecule has 0 heterocycles. The van der Waals surface area contributed by atoms with E-state index in [1.165, 1.54) is 5.56 Å². The molecule has 2 heteroatoms. The Hall–Kier alpha value is -0.860. The molecule has 2 unspecified atom stereocenters. The number of rotatable bonds is 4. The van der Waals surface area contributed by atoms with Gasteiger partial charge in [0.2, 0.25) is 0 Å². The molecule has 84 valence electrons. The first-order valence-corrected chi connectivity index (χ1v) is 5.45. The lowest BCUT2D eigenvalue weighted by molar-refractivity contribution is 0.0770. The van der Waals surface area contributed by atoms with Gasteiger partial charge in [-0.15, -0.1) is 0 Å². The van der Waals surface area contributed by atoms with E-state index < -0.39 is 6.10 Å². The van der Waals surface area contributed by atoms with Crippen LogP contribution in [0.3, 0.4) is 0 Å². The van der Waals surface area contributed by atoms with E-state index in [-0.39, 0.29) is 12.5 Å². The lowest BCUT2D eigenvalue weighted by Crippen LogP contribution is -2.12. The van der Waals surface area contributed by atoms with E-state index in [1.54, 1.807) is 0 Å². The van der Waals surface area contributed by atoms with Crippen LogP contribution in [-0.2, 0) is 0 Å². The summed E-state index contributed by atoms with van der Waals surface area (Å²) in [5.74, 6) is 0.390. The summed E-state index contributed by atoms with van der Waals surface area (Å²) in [7, 11) is 0. The minimum Gasteiger partial charge on any atom is -0.396 e. The highest BCUT2D eigenvalue weighted by Crippen LogP contribution is 2.23. The van der Waals surface area contributed by atoms with Gasteiger partial charge in [0.25, 0.3) is 0 Å². The van der Waals surface area contributed by atoms with Crippen molar-refractivity contribution in [2.75, 3.05) is 6.61 Å². The zero-order valence-electron chi connectivity index (χ0n) is 9.64. The summed E-state index contributed by atoms with van der Waals surface area (Å²) in [6.07, 6.45) is -0.573. The van der Waals surface area contributed by atoms with Crippen molar-refractivity contribution in [3.05, 3.63) is 35.4 Å². The van der Waals surface area contributed by atoms with Gasteiger partial charge in [-0.05, 0) is 17.0 Å². The number of hydrogen-bond donors (Lipinski definition) is 2. The van der Waals surface area contributed by atoms with Gasteiger partial charge in [0, 0.05) is 12.5 Å². The molecule has 0 aliphatic rings. The normalized spacial score (nSPS) is 15.3. The summed E-state index contributed by atoms with van der Waals surface area (Å²) in [4.78, 5) is 0. The predicted octanol–water partition coefficient (Wildman–Crippen LogP) is 2.47. The molecule has 1 aromatic carbocycles. The summed E-state index contributed by atoms with van der Waals surface area (Å²) in [5, 5.41) is 18.8. The van der Waals surface area contributed by atoms with Crippen LogP contribution in [0.15, 0.2) is 24.3 Å². The van der Waals surface area contributed by atoms with Crippen molar-refractivity contribution >= 4 is 0 Å². The average Bonchev–Trinajstić information content (AvgIpc) is 2.27. The molecule has 0 bridgehead atoms. The van der Waals surface area contributed by atoms with Crippen LogP contribution in [0.4, 0.5) is 0 Å². The number of aliphatic hydroxyl groups excluding tert-OH is 2. The minimum atomic E-state index is -0.573. The zero-order chi connectivity index (χ0) is 11.4. The third-order valence-corrected chi connectivity index (χ3v) is 2.77. The van der Waals surface area contributed by atoms with Crippen LogP contribution in [0.5, 0.6) is 0 Å². The Morgan fingerprint density at radius 2 is 1.47 bits per heavy atom. The van der Waals surface area contributed by atoms with Crippen molar-refractivity contribution in [1.82, 2.24) is 0 Å². The van der Waals surface area contributed by atoms with Crippen molar-refractivity contribution in [2.45, 2.75) is 32.8 Å². The van der Waals surface area contributed by atoms with E-state index in [4.69, 9.17) is 5.11 Å². The van der Waals surface area contributed by atoms with E-state index in [1.807, 2.05) is 31.2 Å². The zero-order valence-corrected chi connectivity index (χ0v) is 9.64. The Labute approximate surface area is 91.6 Å². The monoisotopic (exact) mass is 208 g/mol. The molecule has 2 atom stereocenters. The number of aliphatic hydroxyl groups is 2. The first-order chi connectivity index (χ1) is 7.06. The van der Waals surface area contributed by atoms with Crippen LogP contribution < -0.4 is 0 Å². The summed E-state index contributed by atoms with van der Waals surface area (Å²) < 4.78 is 0. The maximum absolute atomic E-state index is 9.86. The molecule has 2 nitrogen and oxygen atoms in total. The Kier molecular flexibility index (Phi) is 4.30. The predicted molar refractivity (Wildman–Crippen MR) is 61.7 cm³/mol. The van der Waals surface area contributed by atoms with Crippen LogP contribution in [0.2, 0.25) is 0 Å². The molecule has 0 radical (unpaired) electrons. The molecule has 0 aliphatic carbocycles. The van der Waals surface area contributed by atoms with E-state index in [2.05, 4.69) is 13.8 Å². The average molecular weight is 208 g/mol. The van der Waals surface area contributed by atoms with Gasteiger partial charge in [0.15, 0.2) is 0 Å². The molecule has 1 rings (SSSR count). The first kappa shape index (κ1) is 12.2. The third kappa shape index (κ3) is 3.05. The van der Waals surface area contributed by atoms with Gasteiger partial charge in [-0.1, -0.05) is 45.0 Å². The standard InChI is InChI=1S/C13H20O2/c1-9(2)11-4-6-12(7-5-11)13(15)10(3)8-14/h4-7,9-10,13-15H,8H2,1-3H3. The van der Waals surface area contributed by atoms with Crippen LogP contribution in [0, 0.1) is 5.92 Å². The van der Waals surface area contributed by atoms with Gasteiger partial charge in [-0.3, -0.25) is 0 Å². The van der Waals surface area contributed by atoms with Gasteiger partial charge in [0.05, 0.1) is 6.10 Å². The molecule has 0 fully saturated rings. The van der Waals surface area contributed by atoms with Crippen molar-refractivity contribution in [1.29, 1.82) is 0 Å². The topological polar surface area (TPSA) is 40.5 Å². The van der Waals surface area contributed by atoms with Crippen molar-refractivity contribution in [3.8, 4) is 0 Å². The van der Waals surface area contributed by atoms with Gasteiger partial charge in [-0.2, -0.15) is 0 Å². The highest BCUT2D eigenvalue weighted by molar-refractivity contribution is 5.26. The SMILES string of the molecule is CC(C)c1ccc(C(O)C(C)CO)cc1. The molecule has 0 saturated heterocycles. The van der Waals surface area contributed by atoms with Crippen molar-refractivity contribution in [3.63, 3.8) is 0 Å². The van der Waals surface area contributed by atoms with Gasteiger partial charge in [0.1, 0.15) is 0 Å². The maximum Gasteiger partial charge on any atom is 0.0837 e. The molecule has 0 aliphatic heterocycles. The fourth-order valence-corrected chi connectivity index (χ4v) is 1.51. The highest BCUT2D eigenvalue weighted by Gasteiger charge is 2.15. The van der Waals surface area contributed by atoms with E-state index in [0.29, 0.717) is 5.92 Å². The smallest absolute Gasteiger partial charge is 0.0837 e. The van der Waals surface area contributed by atoms with E-state index in [9.17, 15) is 5.11 Å². The highest BCUT2D eigenvalue weighted by atomic mass is 16.3. The van der Waals surface area contributed by atoms with Gasteiger partial charge in [-0.25, -0.2) is 0 Å². The lowest BCUT2D eigenvalue weighted by atomic mass is 9.95. The second-order valence-corrected chi connectivity index (χ2v) is 4.43. The second-order valence-electron chi connectivity index (χ2n) is 4.43. The van der Waals surface area contributed by atoms with E-state index >= 15 is 0 Å². The molecule has 0 saturated carbocycles. The Bertz CT molecular complexity index is 290. The third-order valence-electron chi connectivity index (χ3n) is 2.77. The number of hydrogen-bond acceptors (Lipinski definition) is 2. The molecule has 15 heavy (non-hydrogen) atoms. The molecular formula is C13H20O2. The first-order valence-electron chi connectivity index (χ1n) is 5.45. The summed E-state index contributed by atoms with van der Waals surface area (Å²) in [5.41, 5.74) is 2.14. The largest absolute Gasteiger partial charge is 0.396 e. The van der Waals surface area contributed by atoms with Crippen LogP contribution in [0.1, 0.15) is 43.9 Å². The van der Waals surface area contributed by atoms with Gasteiger partial charge < -0.3 is 10.2 Å². The van der Waals surface area contributed by atoms with Gasteiger partial charge >= 0.3 is 0 Å². The minimum absolute atomic E-state index is 0.00704. The molecule has 0 aromatic heterocycles. The quantitative estimate of drug-likeness (QED) is 0.798. The van der Waals surface area contributed by atoms with Crippen molar-refractivity contribution in [2.24, 2.45) is 5.92 Å². The summed E-state index contributed by atoms with van der Waals surface area (Å²) >= 11 is 0. The van der Waals surface area contributed by atoms with Crippen LogP contribution >= 0.6 is 0 Å². The molecule has 0 spiro atoms.